The van der Waals surface area contributed by atoms with Crippen molar-refractivity contribution in [1.82, 2.24) is 9.55 Å². The first kappa shape index (κ1) is 15.0. The summed E-state index contributed by atoms with van der Waals surface area (Å²) in [6, 6.07) is 10.6. The molecule has 1 aromatic heterocycles. The molecule has 0 bridgehead atoms. The fraction of sp³-hybridized carbons (Fsp3) is 0.0667. The Labute approximate surface area is 132 Å². The van der Waals surface area contributed by atoms with Crippen LogP contribution in [-0.2, 0) is 17.1 Å². The van der Waals surface area contributed by atoms with Crippen molar-refractivity contribution in [3.8, 4) is 0 Å². The van der Waals surface area contributed by atoms with E-state index in [0.29, 0.717) is 16.8 Å². The molecule has 23 heavy (non-hydrogen) atoms. The first-order valence-electron chi connectivity index (χ1n) is 6.70. The van der Waals surface area contributed by atoms with Crippen LogP contribution in [-0.4, -0.2) is 23.9 Å². The molecule has 0 spiro atoms. The van der Waals surface area contributed by atoms with Gasteiger partial charge in [0.05, 0.1) is 22.3 Å². The number of nitrogens with one attached hydrogen (secondary N) is 1. The molecule has 1 amide bonds. The molecule has 8 heteroatoms. The summed E-state index contributed by atoms with van der Waals surface area (Å²) in [6.45, 7) is 0. The number of benzene rings is 2. The molecule has 0 radical (unpaired) electrons. The van der Waals surface area contributed by atoms with E-state index in [4.69, 9.17) is 5.73 Å². The van der Waals surface area contributed by atoms with E-state index in [-0.39, 0.29) is 4.90 Å². The van der Waals surface area contributed by atoms with Crippen LogP contribution in [0.25, 0.3) is 11.0 Å². The van der Waals surface area contributed by atoms with Crippen molar-refractivity contribution in [2.45, 2.75) is 4.90 Å². The molecule has 0 unspecified atom stereocenters. The number of aromatic nitrogens is 2. The first-order valence-corrected chi connectivity index (χ1v) is 8.19. The molecule has 3 aromatic rings. The lowest BCUT2D eigenvalue weighted by molar-refractivity contribution is 0.100. The molecule has 7 nitrogen and oxygen atoms in total. The Kier molecular flexibility index (Phi) is 3.53. The second kappa shape index (κ2) is 5.40. The maximum atomic E-state index is 12.4. The molecule has 0 fully saturated rings. The van der Waals surface area contributed by atoms with Gasteiger partial charge in [-0.05, 0) is 42.5 Å². The second-order valence-electron chi connectivity index (χ2n) is 5.05. The van der Waals surface area contributed by atoms with Gasteiger partial charge in [-0.3, -0.25) is 9.52 Å². The lowest BCUT2D eigenvalue weighted by Gasteiger charge is -2.08. The highest BCUT2D eigenvalue weighted by atomic mass is 32.2. The number of anilines is 1. The normalized spacial score (nSPS) is 11.5. The second-order valence-corrected chi connectivity index (χ2v) is 6.74. The number of rotatable bonds is 4. The quantitative estimate of drug-likeness (QED) is 0.755. The molecule has 2 aromatic carbocycles. The van der Waals surface area contributed by atoms with Crippen LogP contribution in [0.5, 0.6) is 0 Å². The van der Waals surface area contributed by atoms with Crippen LogP contribution in [0.1, 0.15) is 10.4 Å². The van der Waals surface area contributed by atoms with Crippen LogP contribution in [0.2, 0.25) is 0 Å². The van der Waals surface area contributed by atoms with Gasteiger partial charge in [-0.1, -0.05) is 0 Å². The molecule has 0 atom stereocenters. The summed E-state index contributed by atoms with van der Waals surface area (Å²) in [4.78, 5) is 15.3. The number of fused-ring (bicyclic) bond motifs is 1. The van der Waals surface area contributed by atoms with E-state index in [1.165, 1.54) is 36.4 Å². The average molecular weight is 330 g/mol. The zero-order valence-corrected chi connectivity index (χ0v) is 13.0. The first-order chi connectivity index (χ1) is 10.9. The van der Waals surface area contributed by atoms with E-state index in [2.05, 4.69) is 9.71 Å². The lowest BCUT2D eigenvalue weighted by atomic mass is 10.2. The highest BCUT2D eigenvalue weighted by Gasteiger charge is 2.16. The van der Waals surface area contributed by atoms with Gasteiger partial charge in [0.1, 0.15) is 0 Å². The van der Waals surface area contributed by atoms with Crippen molar-refractivity contribution in [2.75, 3.05) is 4.72 Å². The minimum absolute atomic E-state index is 0.114. The smallest absolute Gasteiger partial charge is 0.261 e. The largest absolute Gasteiger partial charge is 0.366 e. The topological polar surface area (TPSA) is 107 Å². The molecule has 0 aliphatic rings. The zero-order valence-electron chi connectivity index (χ0n) is 12.2. The van der Waals surface area contributed by atoms with Crippen LogP contribution < -0.4 is 10.5 Å². The van der Waals surface area contributed by atoms with E-state index >= 15 is 0 Å². The summed E-state index contributed by atoms with van der Waals surface area (Å²) in [7, 11) is -1.91. The number of primary amides is 1. The van der Waals surface area contributed by atoms with Gasteiger partial charge in [0.2, 0.25) is 5.91 Å². The van der Waals surface area contributed by atoms with Crippen LogP contribution in [0.15, 0.2) is 53.7 Å². The van der Waals surface area contributed by atoms with E-state index in [0.717, 1.165) is 5.52 Å². The maximum Gasteiger partial charge on any atom is 0.261 e. The number of carbonyl (C=O) groups excluding carboxylic acids is 1. The Bertz CT molecular complexity index is 991. The van der Waals surface area contributed by atoms with E-state index in [9.17, 15) is 13.2 Å². The number of sulfonamides is 1. The number of amides is 1. The minimum Gasteiger partial charge on any atom is -0.366 e. The Morgan fingerprint density at radius 3 is 2.52 bits per heavy atom. The lowest BCUT2D eigenvalue weighted by Crippen LogP contribution is -2.14. The van der Waals surface area contributed by atoms with Gasteiger partial charge in [-0.15, -0.1) is 0 Å². The maximum absolute atomic E-state index is 12.4. The summed E-state index contributed by atoms with van der Waals surface area (Å²) in [5.41, 5.74) is 7.24. The fourth-order valence-corrected chi connectivity index (χ4v) is 3.28. The van der Waals surface area contributed by atoms with Crippen molar-refractivity contribution in [2.24, 2.45) is 12.8 Å². The van der Waals surface area contributed by atoms with Crippen molar-refractivity contribution < 1.29 is 13.2 Å². The predicted molar refractivity (Wildman–Crippen MR) is 86.5 cm³/mol. The highest BCUT2D eigenvalue weighted by molar-refractivity contribution is 7.92. The van der Waals surface area contributed by atoms with Crippen molar-refractivity contribution >= 4 is 32.7 Å². The van der Waals surface area contributed by atoms with Crippen molar-refractivity contribution in [1.29, 1.82) is 0 Å². The van der Waals surface area contributed by atoms with Gasteiger partial charge in [0.25, 0.3) is 10.0 Å². The monoisotopic (exact) mass is 330 g/mol. The molecule has 118 valence electrons. The van der Waals surface area contributed by atoms with Crippen LogP contribution in [0.4, 0.5) is 5.69 Å². The molecule has 1 heterocycles. The Morgan fingerprint density at radius 2 is 1.87 bits per heavy atom. The highest BCUT2D eigenvalue weighted by Crippen LogP contribution is 2.20. The molecular formula is C15H14N4O3S. The molecule has 0 aliphatic carbocycles. The number of hydrogen-bond acceptors (Lipinski definition) is 4. The third-order valence-corrected chi connectivity index (χ3v) is 4.81. The van der Waals surface area contributed by atoms with E-state index < -0.39 is 15.9 Å². The van der Waals surface area contributed by atoms with Crippen molar-refractivity contribution in [3.63, 3.8) is 0 Å². The Hall–Kier alpha value is -2.87. The summed E-state index contributed by atoms with van der Waals surface area (Å²) < 4.78 is 29.1. The number of nitrogens with two attached hydrogens (primary N) is 1. The average Bonchev–Trinajstić information content (AvgIpc) is 2.88. The summed E-state index contributed by atoms with van der Waals surface area (Å²) in [5.74, 6) is -0.569. The van der Waals surface area contributed by atoms with Gasteiger partial charge >= 0.3 is 0 Å². The third kappa shape index (κ3) is 2.88. The SMILES string of the molecule is Cn1cnc2cc(S(=O)(=O)Nc3ccc(C(N)=O)cc3)ccc21. The summed E-state index contributed by atoms with van der Waals surface area (Å²) in [5, 5.41) is 0. The molecule has 0 aliphatic heterocycles. The van der Waals surface area contributed by atoms with Gasteiger partial charge in [-0.2, -0.15) is 0 Å². The van der Waals surface area contributed by atoms with Gasteiger partial charge in [0.15, 0.2) is 0 Å². The number of imidazole rings is 1. The number of aryl methyl sites for hydroxylation is 1. The molecular weight excluding hydrogens is 316 g/mol. The molecule has 3 N–H and O–H groups in total. The number of hydrogen-bond donors (Lipinski definition) is 2. The molecule has 3 rings (SSSR count). The van der Waals surface area contributed by atoms with Crippen LogP contribution in [0.3, 0.4) is 0 Å². The summed E-state index contributed by atoms with van der Waals surface area (Å²) >= 11 is 0. The molecule has 0 saturated heterocycles. The fourth-order valence-electron chi connectivity index (χ4n) is 2.20. The number of carbonyl (C=O) groups is 1. The zero-order chi connectivity index (χ0) is 16.6. The third-order valence-electron chi connectivity index (χ3n) is 3.43. The molecule has 0 saturated carbocycles. The van der Waals surface area contributed by atoms with E-state index in [1.54, 1.807) is 12.4 Å². The van der Waals surface area contributed by atoms with Crippen LogP contribution >= 0.6 is 0 Å². The minimum atomic E-state index is -3.74. The standard InChI is InChI=1S/C15H14N4O3S/c1-19-9-17-13-8-12(6-7-14(13)19)23(21,22)18-11-4-2-10(3-5-11)15(16)20/h2-9,18H,1H3,(H2,16,20). The van der Waals surface area contributed by atoms with Crippen molar-refractivity contribution in [3.05, 3.63) is 54.4 Å². The van der Waals surface area contributed by atoms with Crippen LogP contribution in [0, 0.1) is 0 Å². The summed E-state index contributed by atoms with van der Waals surface area (Å²) in [6.07, 6.45) is 1.62. The Morgan fingerprint density at radius 1 is 1.17 bits per heavy atom. The van der Waals surface area contributed by atoms with Gasteiger partial charge in [0, 0.05) is 18.3 Å². The number of nitrogens with zero attached hydrogens (tertiary/aromatic N) is 2. The van der Waals surface area contributed by atoms with E-state index in [1.807, 2.05) is 11.6 Å². The predicted octanol–water partition coefficient (Wildman–Crippen LogP) is 1.47. The van der Waals surface area contributed by atoms with Gasteiger partial charge in [-0.25, -0.2) is 13.4 Å². The Balaban J connectivity index is 1.91. The van der Waals surface area contributed by atoms with Gasteiger partial charge < -0.3 is 10.3 Å².